The van der Waals surface area contributed by atoms with Gasteiger partial charge in [-0.1, -0.05) is 39.5 Å². The molecule has 3 unspecified atom stereocenters. The molecule has 2 fully saturated rings. The molecule has 0 spiro atoms. The molecule has 4 heteroatoms. The van der Waals surface area contributed by atoms with Crippen LogP contribution in [0.3, 0.4) is 0 Å². The zero-order valence-corrected chi connectivity index (χ0v) is 21.8. The number of ether oxygens (including phenoxy) is 2. The van der Waals surface area contributed by atoms with Gasteiger partial charge in [-0.25, -0.2) is 0 Å². The second-order valence-corrected chi connectivity index (χ2v) is 12.6. The molecular formula is C27H52O4. The van der Waals surface area contributed by atoms with Crippen LogP contribution in [0.15, 0.2) is 0 Å². The minimum absolute atomic E-state index is 0.103. The van der Waals surface area contributed by atoms with E-state index in [1.54, 1.807) is 0 Å². The normalized spacial score (nSPS) is 32.7. The Morgan fingerprint density at radius 1 is 1.06 bits per heavy atom. The van der Waals surface area contributed by atoms with E-state index < -0.39 is 11.4 Å². The molecule has 0 radical (unpaired) electrons. The van der Waals surface area contributed by atoms with Crippen molar-refractivity contribution in [3.63, 3.8) is 0 Å². The Morgan fingerprint density at radius 3 is 2.26 bits per heavy atom. The lowest BCUT2D eigenvalue weighted by molar-refractivity contribution is -0.157. The van der Waals surface area contributed by atoms with Crippen LogP contribution in [0.2, 0.25) is 0 Å². The number of aliphatic hydroxyl groups is 2. The fourth-order valence-electron chi connectivity index (χ4n) is 6.61. The highest BCUT2D eigenvalue weighted by atomic mass is 16.8. The van der Waals surface area contributed by atoms with E-state index in [0.29, 0.717) is 11.8 Å². The van der Waals surface area contributed by atoms with E-state index in [2.05, 4.69) is 27.7 Å². The van der Waals surface area contributed by atoms with Crippen LogP contribution in [0, 0.1) is 17.3 Å². The molecule has 0 aromatic carbocycles. The first kappa shape index (κ1) is 27.1. The molecule has 1 saturated heterocycles. The van der Waals surface area contributed by atoms with Crippen molar-refractivity contribution in [1.82, 2.24) is 0 Å². The van der Waals surface area contributed by atoms with Crippen molar-refractivity contribution >= 4 is 0 Å². The van der Waals surface area contributed by atoms with Gasteiger partial charge in [-0.2, -0.15) is 0 Å². The van der Waals surface area contributed by atoms with Gasteiger partial charge in [0.05, 0.1) is 23.4 Å². The molecule has 1 heterocycles. The molecule has 184 valence electrons. The molecule has 4 nitrogen and oxygen atoms in total. The average molecular weight is 441 g/mol. The maximum Gasteiger partial charge on any atom is 0.164 e. The van der Waals surface area contributed by atoms with Crippen molar-refractivity contribution in [3.05, 3.63) is 0 Å². The first-order valence-corrected chi connectivity index (χ1v) is 13.0. The molecule has 2 rings (SSSR count). The van der Waals surface area contributed by atoms with Crippen LogP contribution in [-0.2, 0) is 9.47 Å². The largest absolute Gasteiger partial charge is 0.393 e. The zero-order valence-electron chi connectivity index (χ0n) is 21.8. The van der Waals surface area contributed by atoms with Crippen molar-refractivity contribution in [2.75, 3.05) is 0 Å². The van der Waals surface area contributed by atoms with E-state index in [9.17, 15) is 10.2 Å². The standard InChI is InChI=1S/C27H52O4/c1-9-12-22(27(8)18-11-14-21(28)19-27)20(13-10-17-24(2,3)29)15-16-23-25(4,5)31-26(6,7)30-23/h20-23,28-29H,9-19H2,1-8H3/t20?,21-,22?,23?,27-/m0/s1. The first-order valence-electron chi connectivity index (χ1n) is 13.0. The Morgan fingerprint density at radius 2 is 1.74 bits per heavy atom. The quantitative estimate of drug-likeness (QED) is 0.379. The summed E-state index contributed by atoms with van der Waals surface area (Å²) in [6.07, 6.45) is 11.7. The van der Waals surface area contributed by atoms with Gasteiger partial charge < -0.3 is 19.7 Å². The summed E-state index contributed by atoms with van der Waals surface area (Å²) in [5.74, 6) is 0.667. The molecule has 0 amide bonds. The fourth-order valence-corrected chi connectivity index (χ4v) is 6.61. The third-order valence-electron chi connectivity index (χ3n) is 7.92. The Hall–Kier alpha value is -0.160. The second kappa shape index (κ2) is 10.4. The number of hydrogen-bond acceptors (Lipinski definition) is 4. The minimum atomic E-state index is -0.607. The Labute approximate surface area is 192 Å². The lowest BCUT2D eigenvalue weighted by atomic mass is 9.59. The molecule has 1 aliphatic carbocycles. The lowest BCUT2D eigenvalue weighted by Crippen LogP contribution is -2.40. The van der Waals surface area contributed by atoms with Crippen LogP contribution in [0.1, 0.15) is 126 Å². The lowest BCUT2D eigenvalue weighted by Gasteiger charge is -2.47. The Balaban J connectivity index is 2.16. The summed E-state index contributed by atoms with van der Waals surface area (Å²) >= 11 is 0. The summed E-state index contributed by atoms with van der Waals surface area (Å²) in [6, 6.07) is 0. The van der Waals surface area contributed by atoms with Gasteiger partial charge in [0.2, 0.25) is 0 Å². The number of aliphatic hydroxyl groups excluding tert-OH is 1. The maximum absolute atomic E-state index is 10.5. The molecule has 1 aliphatic heterocycles. The summed E-state index contributed by atoms with van der Waals surface area (Å²) in [7, 11) is 0. The van der Waals surface area contributed by atoms with E-state index in [1.165, 1.54) is 19.3 Å². The van der Waals surface area contributed by atoms with Crippen molar-refractivity contribution in [3.8, 4) is 0 Å². The van der Waals surface area contributed by atoms with Crippen LogP contribution >= 0.6 is 0 Å². The average Bonchev–Trinajstić information content (AvgIpc) is 2.81. The van der Waals surface area contributed by atoms with Gasteiger partial charge in [0, 0.05) is 0 Å². The summed E-state index contributed by atoms with van der Waals surface area (Å²) < 4.78 is 12.5. The summed E-state index contributed by atoms with van der Waals surface area (Å²) in [4.78, 5) is 0. The van der Waals surface area contributed by atoms with Crippen molar-refractivity contribution in [2.24, 2.45) is 17.3 Å². The summed E-state index contributed by atoms with van der Waals surface area (Å²) in [6.45, 7) is 16.9. The van der Waals surface area contributed by atoms with Crippen LogP contribution in [-0.4, -0.2) is 39.4 Å². The predicted octanol–water partition coefficient (Wildman–Crippen LogP) is 6.61. The molecule has 0 aromatic rings. The monoisotopic (exact) mass is 440 g/mol. The van der Waals surface area contributed by atoms with Crippen LogP contribution < -0.4 is 0 Å². The van der Waals surface area contributed by atoms with E-state index in [4.69, 9.17) is 9.47 Å². The van der Waals surface area contributed by atoms with Gasteiger partial charge >= 0.3 is 0 Å². The smallest absolute Gasteiger partial charge is 0.164 e. The van der Waals surface area contributed by atoms with Crippen LogP contribution in [0.4, 0.5) is 0 Å². The first-order chi connectivity index (χ1) is 14.2. The fraction of sp³-hybridized carbons (Fsp3) is 1.00. The Kier molecular flexibility index (Phi) is 9.09. The minimum Gasteiger partial charge on any atom is -0.393 e. The van der Waals surface area contributed by atoms with E-state index in [0.717, 1.165) is 51.4 Å². The van der Waals surface area contributed by atoms with E-state index in [-0.39, 0.29) is 23.2 Å². The molecular weight excluding hydrogens is 388 g/mol. The molecule has 5 atom stereocenters. The SMILES string of the molecule is CCCC(C(CCCC(C)(C)O)CCC1OC(C)(C)OC1(C)C)[C@@]1(C)CCC[C@H](O)C1. The van der Waals surface area contributed by atoms with Gasteiger partial charge in [0.1, 0.15) is 0 Å². The molecule has 0 aromatic heterocycles. The van der Waals surface area contributed by atoms with Gasteiger partial charge in [-0.3, -0.25) is 0 Å². The predicted molar refractivity (Wildman–Crippen MR) is 128 cm³/mol. The molecule has 2 aliphatic rings. The summed E-state index contributed by atoms with van der Waals surface area (Å²) in [5.41, 5.74) is -0.675. The molecule has 2 N–H and O–H groups in total. The van der Waals surface area contributed by atoms with Crippen LogP contribution in [0.5, 0.6) is 0 Å². The number of hydrogen-bond donors (Lipinski definition) is 2. The van der Waals surface area contributed by atoms with E-state index in [1.807, 2.05) is 27.7 Å². The van der Waals surface area contributed by atoms with Crippen molar-refractivity contribution in [1.29, 1.82) is 0 Å². The van der Waals surface area contributed by atoms with Gasteiger partial charge in [0.15, 0.2) is 5.79 Å². The van der Waals surface area contributed by atoms with Crippen LogP contribution in [0.25, 0.3) is 0 Å². The highest BCUT2D eigenvalue weighted by molar-refractivity contribution is 4.94. The van der Waals surface area contributed by atoms with Crippen molar-refractivity contribution < 1.29 is 19.7 Å². The summed E-state index contributed by atoms with van der Waals surface area (Å²) in [5, 5.41) is 20.8. The Bertz CT molecular complexity index is 550. The van der Waals surface area contributed by atoms with E-state index >= 15 is 0 Å². The second-order valence-electron chi connectivity index (χ2n) is 12.6. The molecule has 0 bridgehead atoms. The molecule has 31 heavy (non-hydrogen) atoms. The third kappa shape index (κ3) is 7.98. The van der Waals surface area contributed by atoms with Gasteiger partial charge in [0.25, 0.3) is 0 Å². The van der Waals surface area contributed by atoms with Gasteiger partial charge in [-0.15, -0.1) is 0 Å². The highest BCUT2D eigenvalue weighted by Crippen LogP contribution is 2.50. The molecule has 1 saturated carbocycles. The third-order valence-corrected chi connectivity index (χ3v) is 7.92. The van der Waals surface area contributed by atoms with Crippen molar-refractivity contribution in [2.45, 2.75) is 155 Å². The number of rotatable bonds is 11. The van der Waals surface area contributed by atoms with Gasteiger partial charge in [-0.05, 0) is 104 Å². The zero-order chi connectivity index (χ0) is 23.5. The maximum atomic E-state index is 10.5. The highest BCUT2D eigenvalue weighted by Gasteiger charge is 2.47. The topological polar surface area (TPSA) is 58.9 Å².